The average molecular weight is 155 g/mol. The summed E-state index contributed by atoms with van der Waals surface area (Å²) >= 11 is 0. The molecule has 0 bridgehead atoms. The first-order valence-corrected chi connectivity index (χ1v) is 3.22. The number of amidine groups is 1. The van der Waals surface area contributed by atoms with Crippen LogP contribution in [-0.2, 0) is 4.79 Å². The molecule has 0 amide bonds. The number of rotatable bonds is 2. The van der Waals surface area contributed by atoms with E-state index in [0.29, 0.717) is 5.84 Å². The first-order valence-electron chi connectivity index (χ1n) is 3.22. The summed E-state index contributed by atoms with van der Waals surface area (Å²) in [6.07, 6.45) is 2.93. The summed E-state index contributed by atoms with van der Waals surface area (Å²) in [5.41, 5.74) is 5.13. The van der Waals surface area contributed by atoms with Crippen molar-refractivity contribution >= 4 is 11.6 Å². The fourth-order valence-corrected chi connectivity index (χ4v) is 0.763. The lowest BCUT2D eigenvalue weighted by molar-refractivity contribution is -0.111. The van der Waals surface area contributed by atoms with Crippen LogP contribution < -0.4 is 5.73 Å². The standard InChI is InChI=1S/C7H13N3O/c1-6(11)7(9-2)10(3)5-4-8/h4-5H,8H2,1-3H3/b5-4+,9-7?. The van der Waals surface area contributed by atoms with E-state index in [1.54, 1.807) is 25.2 Å². The maximum Gasteiger partial charge on any atom is 0.194 e. The van der Waals surface area contributed by atoms with Crippen molar-refractivity contribution in [1.29, 1.82) is 0 Å². The van der Waals surface area contributed by atoms with Gasteiger partial charge in [-0.1, -0.05) is 0 Å². The predicted octanol–water partition coefficient (Wildman–Crippen LogP) is -0.0346. The summed E-state index contributed by atoms with van der Waals surface area (Å²) in [6, 6.07) is 0. The first kappa shape index (κ1) is 9.68. The molecule has 0 saturated heterocycles. The largest absolute Gasteiger partial charge is 0.403 e. The predicted molar refractivity (Wildman–Crippen MR) is 45.1 cm³/mol. The summed E-state index contributed by atoms with van der Waals surface area (Å²) in [4.78, 5) is 16.2. The number of likely N-dealkylation sites (N-methyl/N-ethyl adjacent to an activating group) is 1. The van der Waals surface area contributed by atoms with Gasteiger partial charge in [0.25, 0.3) is 0 Å². The third-order valence-electron chi connectivity index (χ3n) is 1.17. The van der Waals surface area contributed by atoms with Crippen LogP contribution >= 0.6 is 0 Å². The molecular formula is C7H13N3O. The minimum absolute atomic E-state index is 0.0758. The monoisotopic (exact) mass is 155 g/mol. The molecular weight excluding hydrogens is 142 g/mol. The van der Waals surface area contributed by atoms with Crippen molar-refractivity contribution in [1.82, 2.24) is 4.90 Å². The lowest BCUT2D eigenvalue weighted by Gasteiger charge is -2.12. The molecule has 4 heteroatoms. The molecule has 0 aromatic rings. The van der Waals surface area contributed by atoms with Gasteiger partial charge in [0, 0.05) is 33.4 Å². The van der Waals surface area contributed by atoms with Crippen LogP contribution in [0.3, 0.4) is 0 Å². The fraction of sp³-hybridized carbons (Fsp3) is 0.429. The molecule has 0 heterocycles. The molecule has 11 heavy (non-hydrogen) atoms. The van der Waals surface area contributed by atoms with E-state index in [1.807, 2.05) is 0 Å². The van der Waals surface area contributed by atoms with Gasteiger partial charge in [-0.2, -0.15) is 0 Å². The van der Waals surface area contributed by atoms with E-state index in [2.05, 4.69) is 4.99 Å². The third kappa shape index (κ3) is 2.84. The van der Waals surface area contributed by atoms with E-state index in [-0.39, 0.29) is 5.78 Å². The van der Waals surface area contributed by atoms with Gasteiger partial charge in [-0.25, -0.2) is 0 Å². The van der Waals surface area contributed by atoms with Crippen molar-refractivity contribution in [2.24, 2.45) is 10.7 Å². The zero-order chi connectivity index (χ0) is 8.85. The van der Waals surface area contributed by atoms with Gasteiger partial charge in [0.2, 0.25) is 0 Å². The summed E-state index contributed by atoms with van der Waals surface area (Å²) in [6.45, 7) is 1.46. The summed E-state index contributed by atoms with van der Waals surface area (Å²) in [5.74, 6) is 0.319. The molecule has 0 aliphatic carbocycles. The van der Waals surface area contributed by atoms with Gasteiger partial charge in [0.15, 0.2) is 11.6 Å². The molecule has 4 nitrogen and oxygen atoms in total. The van der Waals surface area contributed by atoms with Crippen LogP contribution in [0.25, 0.3) is 0 Å². The molecule has 0 aromatic carbocycles. The Balaban J connectivity index is 4.40. The van der Waals surface area contributed by atoms with Gasteiger partial charge in [0.05, 0.1) is 0 Å². The molecule has 0 radical (unpaired) electrons. The highest BCUT2D eigenvalue weighted by atomic mass is 16.1. The average Bonchev–Trinajstić information content (AvgIpc) is 1.88. The maximum atomic E-state index is 10.8. The number of nitrogens with two attached hydrogens (primary N) is 1. The summed E-state index contributed by atoms with van der Waals surface area (Å²) < 4.78 is 0. The molecule has 0 aliphatic heterocycles. The number of carbonyl (C=O) groups is 1. The Morgan fingerprint density at radius 3 is 2.45 bits per heavy atom. The number of hydrogen-bond donors (Lipinski definition) is 1. The van der Waals surface area contributed by atoms with Gasteiger partial charge in [0.1, 0.15) is 0 Å². The van der Waals surface area contributed by atoms with Crippen LogP contribution in [0.4, 0.5) is 0 Å². The van der Waals surface area contributed by atoms with E-state index in [4.69, 9.17) is 5.73 Å². The second kappa shape index (κ2) is 4.49. The van der Waals surface area contributed by atoms with Crippen LogP contribution in [0.15, 0.2) is 17.4 Å². The smallest absolute Gasteiger partial charge is 0.194 e. The molecule has 0 aliphatic rings. The molecule has 0 aromatic heterocycles. The zero-order valence-electron chi connectivity index (χ0n) is 7.03. The Kier molecular flexibility index (Phi) is 3.95. The quantitative estimate of drug-likeness (QED) is 0.450. The number of hydrogen-bond acceptors (Lipinski definition) is 3. The molecule has 0 saturated carbocycles. The van der Waals surface area contributed by atoms with Gasteiger partial charge >= 0.3 is 0 Å². The van der Waals surface area contributed by atoms with Crippen LogP contribution in [0.5, 0.6) is 0 Å². The van der Waals surface area contributed by atoms with Crippen molar-refractivity contribution in [2.75, 3.05) is 14.1 Å². The van der Waals surface area contributed by atoms with Gasteiger partial charge in [-0.05, 0) is 0 Å². The summed E-state index contributed by atoms with van der Waals surface area (Å²) in [7, 11) is 3.28. The van der Waals surface area contributed by atoms with Gasteiger partial charge in [-0.15, -0.1) is 0 Å². The molecule has 0 rings (SSSR count). The number of nitrogens with zero attached hydrogens (tertiary/aromatic N) is 2. The molecule has 0 atom stereocenters. The van der Waals surface area contributed by atoms with E-state index in [0.717, 1.165) is 0 Å². The van der Waals surface area contributed by atoms with Gasteiger partial charge < -0.3 is 10.6 Å². The Bertz CT molecular complexity index is 196. The van der Waals surface area contributed by atoms with Gasteiger partial charge in [-0.3, -0.25) is 9.79 Å². The molecule has 0 unspecified atom stereocenters. The second-order valence-electron chi connectivity index (χ2n) is 2.06. The van der Waals surface area contributed by atoms with Crippen LogP contribution in [0.1, 0.15) is 6.92 Å². The highest BCUT2D eigenvalue weighted by Crippen LogP contribution is 1.89. The molecule has 0 fully saturated rings. The number of ketones is 1. The Morgan fingerprint density at radius 1 is 1.64 bits per heavy atom. The topological polar surface area (TPSA) is 58.7 Å². The van der Waals surface area contributed by atoms with Crippen LogP contribution in [-0.4, -0.2) is 30.6 Å². The van der Waals surface area contributed by atoms with Crippen LogP contribution in [0.2, 0.25) is 0 Å². The van der Waals surface area contributed by atoms with E-state index < -0.39 is 0 Å². The van der Waals surface area contributed by atoms with Crippen molar-refractivity contribution < 1.29 is 4.79 Å². The lowest BCUT2D eigenvalue weighted by Crippen LogP contribution is -2.27. The number of Topliss-reactive ketones (excluding diaryl/α,β-unsaturated/α-hetero) is 1. The van der Waals surface area contributed by atoms with Crippen molar-refractivity contribution in [2.45, 2.75) is 6.92 Å². The highest BCUT2D eigenvalue weighted by Gasteiger charge is 2.06. The molecule has 0 spiro atoms. The Hall–Kier alpha value is -1.32. The number of aliphatic imine (C=N–C) groups is 1. The normalized spacial score (nSPS) is 12.1. The fourth-order valence-electron chi connectivity index (χ4n) is 0.763. The Labute approximate surface area is 66.4 Å². The maximum absolute atomic E-state index is 10.8. The number of carbonyl (C=O) groups excluding carboxylic acids is 1. The van der Waals surface area contributed by atoms with Crippen LogP contribution in [0, 0.1) is 0 Å². The van der Waals surface area contributed by atoms with Crippen molar-refractivity contribution in [3.63, 3.8) is 0 Å². The third-order valence-corrected chi connectivity index (χ3v) is 1.17. The second-order valence-corrected chi connectivity index (χ2v) is 2.06. The molecule has 2 N–H and O–H groups in total. The van der Waals surface area contributed by atoms with Crippen molar-refractivity contribution in [3.8, 4) is 0 Å². The minimum Gasteiger partial charge on any atom is -0.403 e. The first-order chi connectivity index (χ1) is 5.13. The minimum atomic E-state index is -0.0758. The molecule has 62 valence electrons. The highest BCUT2D eigenvalue weighted by molar-refractivity contribution is 6.37. The van der Waals surface area contributed by atoms with E-state index >= 15 is 0 Å². The SMILES string of the molecule is CN=C(C(C)=O)N(C)/C=C/N. The van der Waals surface area contributed by atoms with E-state index in [1.165, 1.54) is 13.1 Å². The zero-order valence-corrected chi connectivity index (χ0v) is 7.03. The lowest BCUT2D eigenvalue weighted by atomic mass is 10.4. The van der Waals surface area contributed by atoms with E-state index in [9.17, 15) is 4.79 Å². The summed E-state index contributed by atoms with van der Waals surface area (Å²) in [5, 5.41) is 0. The Morgan fingerprint density at radius 2 is 2.18 bits per heavy atom. The van der Waals surface area contributed by atoms with Crippen molar-refractivity contribution in [3.05, 3.63) is 12.4 Å².